The van der Waals surface area contributed by atoms with Gasteiger partial charge in [-0.3, -0.25) is 9.80 Å². The van der Waals surface area contributed by atoms with Crippen molar-refractivity contribution >= 4 is 10.9 Å². The Hall–Kier alpha value is -2.34. The molecule has 0 bridgehead atoms. The van der Waals surface area contributed by atoms with Crippen molar-refractivity contribution in [2.24, 2.45) is 13.0 Å². The summed E-state index contributed by atoms with van der Waals surface area (Å²) in [6, 6.07) is 17.1. The fourth-order valence-corrected chi connectivity index (χ4v) is 5.01. The van der Waals surface area contributed by atoms with E-state index in [9.17, 15) is 0 Å². The fraction of sp³-hybridized carbons (Fsp3) is 0.481. The zero-order chi connectivity index (χ0) is 22.3. The van der Waals surface area contributed by atoms with Crippen LogP contribution in [0.3, 0.4) is 0 Å². The lowest BCUT2D eigenvalue weighted by Crippen LogP contribution is -2.39. The molecule has 0 unspecified atom stereocenters. The molecule has 0 radical (unpaired) electrons. The third-order valence-electron chi connectivity index (χ3n) is 6.80. The van der Waals surface area contributed by atoms with Gasteiger partial charge in [0, 0.05) is 63.0 Å². The van der Waals surface area contributed by atoms with Gasteiger partial charge in [-0.25, -0.2) is 0 Å². The molecule has 1 aliphatic heterocycles. The predicted octanol–water partition coefficient (Wildman–Crippen LogP) is 4.55. The number of methoxy groups -OCH3 is 2. The van der Waals surface area contributed by atoms with Gasteiger partial charge < -0.3 is 14.0 Å². The highest BCUT2D eigenvalue weighted by molar-refractivity contribution is 5.83. The fourth-order valence-electron chi connectivity index (χ4n) is 5.01. The van der Waals surface area contributed by atoms with Gasteiger partial charge in [0.1, 0.15) is 5.75 Å². The number of likely N-dealkylation sites (tertiary alicyclic amines) is 1. The van der Waals surface area contributed by atoms with Crippen LogP contribution in [0.2, 0.25) is 0 Å². The number of rotatable bonds is 10. The van der Waals surface area contributed by atoms with Crippen molar-refractivity contribution in [3.63, 3.8) is 0 Å². The average molecular weight is 436 g/mol. The Morgan fingerprint density at radius 1 is 0.969 bits per heavy atom. The van der Waals surface area contributed by atoms with E-state index in [1.807, 2.05) is 6.07 Å². The highest BCUT2D eigenvalue weighted by Gasteiger charge is 2.23. The Morgan fingerprint density at radius 3 is 2.50 bits per heavy atom. The van der Waals surface area contributed by atoms with E-state index in [2.05, 4.69) is 70.1 Å². The van der Waals surface area contributed by atoms with Gasteiger partial charge in [0.2, 0.25) is 0 Å². The Bertz CT molecular complexity index is 991. The van der Waals surface area contributed by atoms with Crippen molar-refractivity contribution in [2.75, 3.05) is 47.0 Å². The minimum absolute atomic E-state index is 0.732. The third-order valence-corrected chi connectivity index (χ3v) is 6.80. The van der Waals surface area contributed by atoms with Crippen LogP contribution < -0.4 is 4.74 Å². The van der Waals surface area contributed by atoms with Crippen LogP contribution >= 0.6 is 0 Å². The maximum atomic E-state index is 5.54. The molecule has 3 aromatic rings. The van der Waals surface area contributed by atoms with E-state index in [1.54, 1.807) is 14.2 Å². The summed E-state index contributed by atoms with van der Waals surface area (Å²) in [5.41, 5.74) is 4.00. The van der Waals surface area contributed by atoms with Crippen LogP contribution in [-0.2, 0) is 24.9 Å². The van der Waals surface area contributed by atoms with E-state index in [4.69, 9.17) is 9.47 Å². The van der Waals surface area contributed by atoms with Gasteiger partial charge >= 0.3 is 0 Å². The molecule has 32 heavy (non-hydrogen) atoms. The van der Waals surface area contributed by atoms with Gasteiger partial charge in [-0.15, -0.1) is 0 Å². The Balaban J connectivity index is 1.35. The van der Waals surface area contributed by atoms with Gasteiger partial charge in [-0.05, 0) is 49.5 Å². The second kappa shape index (κ2) is 11.0. The van der Waals surface area contributed by atoms with Crippen LogP contribution in [-0.4, -0.2) is 61.4 Å². The van der Waals surface area contributed by atoms with Crippen LogP contribution in [0.15, 0.2) is 54.7 Å². The monoisotopic (exact) mass is 435 g/mol. The number of ether oxygens (including phenoxy) is 2. The molecule has 0 aliphatic carbocycles. The summed E-state index contributed by atoms with van der Waals surface area (Å²) in [5.74, 6) is 1.73. The van der Waals surface area contributed by atoms with Crippen LogP contribution in [0.1, 0.15) is 24.0 Å². The first-order valence-electron chi connectivity index (χ1n) is 11.8. The molecule has 0 saturated carbocycles. The molecule has 0 N–H and O–H groups in total. The van der Waals surface area contributed by atoms with Crippen molar-refractivity contribution in [1.82, 2.24) is 14.4 Å². The largest absolute Gasteiger partial charge is 0.496 e. The number of hydrogen-bond donors (Lipinski definition) is 0. The van der Waals surface area contributed by atoms with Crippen molar-refractivity contribution in [2.45, 2.75) is 25.9 Å². The topological polar surface area (TPSA) is 29.9 Å². The molecule has 1 aliphatic rings. The summed E-state index contributed by atoms with van der Waals surface area (Å²) in [6.45, 7) is 7.13. The molecule has 2 heterocycles. The molecule has 5 nitrogen and oxygen atoms in total. The van der Waals surface area contributed by atoms with Gasteiger partial charge in [0.15, 0.2) is 0 Å². The van der Waals surface area contributed by atoms with E-state index < -0.39 is 0 Å². The van der Waals surface area contributed by atoms with E-state index in [0.29, 0.717) is 0 Å². The van der Waals surface area contributed by atoms with Crippen LogP contribution in [0, 0.1) is 5.92 Å². The second-order valence-corrected chi connectivity index (χ2v) is 9.04. The first kappa shape index (κ1) is 22.8. The highest BCUT2D eigenvalue weighted by atomic mass is 16.5. The molecule has 4 rings (SSSR count). The molecule has 5 heteroatoms. The number of piperidine rings is 1. The third kappa shape index (κ3) is 5.52. The molecular weight excluding hydrogens is 398 g/mol. The molecule has 0 atom stereocenters. The number of benzene rings is 2. The summed E-state index contributed by atoms with van der Waals surface area (Å²) in [6.07, 6.45) is 4.78. The van der Waals surface area contributed by atoms with Gasteiger partial charge in [0.25, 0.3) is 0 Å². The zero-order valence-electron chi connectivity index (χ0n) is 19.8. The van der Waals surface area contributed by atoms with Crippen molar-refractivity contribution in [3.05, 3.63) is 65.9 Å². The van der Waals surface area contributed by atoms with Crippen LogP contribution in [0.4, 0.5) is 0 Å². The standard InChI is InChI=1S/C27H37N3O2/c1-28-19-24(25-9-5-6-10-26(25)28)21-30(16-17-31-2)18-22-12-14-29(15-13-22)20-23-8-4-7-11-27(23)32-3/h4-11,19,22H,12-18,20-21H2,1-3H3. The maximum absolute atomic E-state index is 5.54. The lowest BCUT2D eigenvalue weighted by molar-refractivity contribution is 0.106. The SMILES string of the molecule is COCCN(Cc1cn(C)c2ccccc12)CC1CCN(Cc2ccccc2OC)CC1. The van der Waals surface area contributed by atoms with E-state index in [0.717, 1.165) is 57.5 Å². The first-order valence-corrected chi connectivity index (χ1v) is 11.8. The molecule has 2 aromatic carbocycles. The number of aryl methyl sites for hydroxylation is 1. The number of para-hydroxylation sites is 2. The number of aromatic nitrogens is 1. The van der Waals surface area contributed by atoms with Gasteiger partial charge in [0.05, 0.1) is 13.7 Å². The molecule has 1 fully saturated rings. The van der Waals surface area contributed by atoms with Crippen molar-refractivity contribution in [1.29, 1.82) is 0 Å². The second-order valence-electron chi connectivity index (χ2n) is 9.04. The summed E-state index contributed by atoms with van der Waals surface area (Å²) in [4.78, 5) is 5.16. The highest BCUT2D eigenvalue weighted by Crippen LogP contribution is 2.26. The van der Waals surface area contributed by atoms with Crippen molar-refractivity contribution < 1.29 is 9.47 Å². The quantitative estimate of drug-likeness (QED) is 0.467. The van der Waals surface area contributed by atoms with E-state index in [1.165, 1.54) is 34.9 Å². The Kier molecular flexibility index (Phi) is 7.85. The Morgan fingerprint density at radius 2 is 1.72 bits per heavy atom. The number of hydrogen-bond acceptors (Lipinski definition) is 4. The van der Waals surface area contributed by atoms with Gasteiger partial charge in [-0.2, -0.15) is 0 Å². The first-order chi connectivity index (χ1) is 15.7. The summed E-state index contributed by atoms with van der Waals surface area (Å²) in [7, 11) is 5.70. The zero-order valence-corrected chi connectivity index (χ0v) is 19.8. The summed E-state index contributed by atoms with van der Waals surface area (Å²) < 4.78 is 13.2. The lowest BCUT2D eigenvalue weighted by atomic mass is 9.95. The smallest absolute Gasteiger partial charge is 0.123 e. The summed E-state index contributed by atoms with van der Waals surface area (Å²) >= 11 is 0. The minimum Gasteiger partial charge on any atom is -0.496 e. The summed E-state index contributed by atoms with van der Waals surface area (Å²) in [5, 5.41) is 1.36. The molecule has 1 saturated heterocycles. The number of fused-ring (bicyclic) bond motifs is 1. The lowest BCUT2D eigenvalue weighted by Gasteiger charge is -2.35. The van der Waals surface area contributed by atoms with E-state index in [-0.39, 0.29) is 0 Å². The molecular formula is C27H37N3O2. The number of nitrogens with zero attached hydrogens (tertiary/aromatic N) is 3. The molecule has 0 amide bonds. The van der Waals surface area contributed by atoms with Crippen molar-refractivity contribution in [3.8, 4) is 5.75 Å². The molecule has 1 aromatic heterocycles. The molecule has 172 valence electrons. The minimum atomic E-state index is 0.732. The predicted molar refractivity (Wildman–Crippen MR) is 131 cm³/mol. The Labute approximate surface area is 192 Å². The average Bonchev–Trinajstić information content (AvgIpc) is 3.14. The normalized spacial score (nSPS) is 15.6. The maximum Gasteiger partial charge on any atom is 0.123 e. The van der Waals surface area contributed by atoms with Crippen LogP contribution in [0.25, 0.3) is 10.9 Å². The van der Waals surface area contributed by atoms with Gasteiger partial charge in [-0.1, -0.05) is 36.4 Å². The van der Waals surface area contributed by atoms with E-state index >= 15 is 0 Å². The molecule has 0 spiro atoms. The van der Waals surface area contributed by atoms with Crippen LogP contribution in [0.5, 0.6) is 5.75 Å².